The van der Waals surface area contributed by atoms with Crippen molar-refractivity contribution in [3.63, 3.8) is 0 Å². The molecule has 3 rings (SSSR count). The van der Waals surface area contributed by atoms with Crippen LogP contribution in [0.25, 0.3) is 11.0 Å². The van der Waals surface area contributed by atoms with Crippen molar-refractivity contribution < 1.29 is 4.79 Å². The average molecular weight is 266 g/mol. The van der Waals surface area contributed by atoms with Gasteiger partial charge in [0.1, 0.15) is 0 Å². The largest absolute Gasteiger partial charge is 0.398 e. The number of hydrogen-bond donors (Lipinski definition) is 3. The van der Waals surface area contributed by atoms with E-state index in [4.69, 9.17) is 5.73 Å². The molecule has 0 fully saturated rings. The average Bonchev–Trinajstić information content (AvgIpc) is 2.83. The fourth-order valence-electron chi connectivity index (χ4n) is 1.97. The van der Waals surface area contributed by atoms with Crippen LogP contribution in [0.2, 0.25) is 0 Å². The Morgan fingerprint density at radius 2 is 2.05 bits per heavy atom. The number of hydrogen-bond acceptors (Lipinski definition) is 3. The zero-order chi connectivity index (χ0) is 14.1. The van der Waals surface area contributed by atoms with E-state index >= 15 is 0 Å². The van der Waals surface area contributed by atoms with Gasteiger partial charge in [-0.2, -0.15) is 0 Å². The second-order valence-electron chi connectivity index (χ2n) is 4.63. The summed E-state index contributed by atoms with van der Waals surface area (Å²) in [6, 6.07) is 12.8. The molecule has 0 radical (unpaired) electrons. The van der Waals surface area contributed by atoms with Crippen molar-refractivity contribution in [1.82, 2.24) is 9.97 Å². The van der Waals surface area contributed by atoms with E-state index in [2.05, 4.69) is 15.3 Å². The third kappa shape index (κ3) is 2.21. The molecule has 5 nitrogen and oxygen atoms in total. The van der Waals surface area contributed by atoms with Crippen LogP contribution in [0.1, 0.15) is 15.9 Å². The molecule has 0 aliphatic heterocycles. The van der Waals surface area contributed by atoms with Gasteiger partial charge in [0.15, 0.2) is 0 Å². The molecule has 0 saturated heterocycles. The number of fused-ring (bicyclic) bond motifs is 1. The summed E-state index contributed by atoms with van der Waals surface area (Å²) in [4.78, 5) is 19.5. The minimum atomic E-state index is -0.240. The molecular weight excluding hydrogens is 252 g/mol. The Morgan fingerprint density at radius 3 is 2.80 bits per heavy atom. The smallest absolute Gasteiger partial charge is 0.258 e. The quantitative estimate of drug-likeness (QED) is 0.623. The van der Waals surface area contributed by atoms with Gasteiger partial charge in [0.25, 0.3) is 5.91 Å². The number of nitrogens with zero attached hydrogens (tertiary/aromatic N) is 1. The third-order valence-corrected chi connectivity index (χ3v) is 3.16. The second-order valence-corrected chi connectivity index (χ2v) is 4.63. The molecule has 1 aromatic heterocycles. The highest BCUT2D eigenvalue weighted by molar-refractivity contribution is 6.04. The number of H-pyrrole nitrogens is 1. The highest BCUT2D eigenvalue weighted by atomic mass is 16.1. The van der Waals surface area contributed by atoms with Crippen molar-refractivity contribution in [3.8, 4) is 0 Å². The van der Waals surface area contributed by atoms with Gasteiger partial charge in [-0.05, 0) is 36.8 Å². The van der Waals surface area contributed by atoms with Gasteiger partial charge in [-0.3, -0.25) is 10.1 Å². The lowest BCUT2D eigenvalue weighted by Gasteiger charge is -2.04. The number of carbonyl (C=O) groups is 1. The summed E-state index contributed by atoms with van der Waals surface area (Å²) in [5, 5.41) is 2.73. The molecule has 0 bridgehead atoms. The van der Waals surface area contributed by atoms with Crippen LogP contribution in [0.3, 0.4) is 0 Å². The van der Waals surface area contributed by atoms with E-state index in [1.54, 1.807) is 12.1 Å². The van der Waals surface area contributed by atoms with Gasteiger partial charge in [0.2, 0.25) is 5.95 Å². The van der Waals surface area contributed by atoms with E-state index in [0.717, 1.165) is 16.6 Å². The summed E-state index contributed by atoms with van der Waals surface area (Å²) in [5.41, 5.74) is 9.56. The van der Waals surface area contributed by atoms with Crippen LogP contribution in [-0.2, 0) is 0 Å². The highest BCUT2D eigenvalue weighted by Crippen LogP contribution is 2.16. The molecule has 20 heavy (non-hydrogen) atoms. The molecule has 0 atom stereocenters. The minimum Gasteiger partial charge on any atom is -0.398 e. The number of imidazole rings is 1. The molecule has 0 aliphatic carbocycles. The van der Waals surface area contributed by atoms with Gasteiger partial charge in [-0.25, -0.2) is 4.98 Å². The lowest BCUT2D eigenvalue weighted by molar-refractivity contribution is 0.102. The van der Waals surface area contributed by atoms with Gasteiger partial charge >= 0.3 is 0 Å². The summed E-state index contributed by atoms with van der Waals surface area (Å²) in [6.45, 7) is 1.90. The number of para-hydroxylation sites is 2. The lowest BCUT2D eigenvalue weighted by Crippen LogP contribution is -2.13. The summed E-state index contributed by atoms with van der Waals surface area (Å²) in [6.07, 6.45) is 0. The predicted molar refractivity (Wildman–Crippen MR) is 79.6 cm³/mol. The Labute approximate surface area is 115 Å². The van der Waals surface area contributed by atoms with Crippen LogP contribution in [0.4, 0.5) is 11.6 Å². The van der Waals surface area contributed by atoms with E-state index in [9.17, 15) is 4.79 Å². The molecular formula is C15H14N4O. The molecule has 0 saturated carbocycles. The van der Waals surface area contributed by atoms with Crippen molar-refractivity contribution in [2.24, 2.45) is 0 Å². The molecule has 0 aliphatic rings. The van der Waals surface area contributed by atoms with Crippen molar-refractivity contribution in [3.05, 3.63) is 53.6 Å². The molecule has 2 aromatic carbocycles. The first-order valence-corrected chi connectivity index (χ1v) is 6.26. The number of aromatic nitrogens is 2. The van der Waals surface area contributed by atoms with Gasteiger partial charge in [-0.1, -0.05) is 18.2 Å². The topological polar surface area (TPSA) is 83.8 Å². The number of nitrogens with two attached hydrogens (primary N) is 1. The summed E-state index contributed by atoms with van der Waals surface area (Å²) >= 11 is 0. The number of aromatic amines is 1. The fraction of sp³-hybridized carbons (Fsp3) is 0.0667. The van der Waals surface area contributed by atoms with E-state index in [1.807, 2.05) is 37.3 Å². The maximum absolute atomic E-state index is 12.1. The molecule has 0 unspecified atom stereocenters. The van der Waals surface area contributed by atoms with Crippen LogP contribution in [-0.4, -0.2) is 15.9 Å². The Balaban J connectivity index is 1.86. The fourth-order valence-corrected chi connectivity index (χ4v) is 1.97. The van der Waals surface area contributed by atoms with Crippen LogP contribution in [0, 0.1) is 6.92 Å². The Bertz CT molecular complexity index is 758. The zero-order valence-corrected chi connectivity index (χ0v) is 11.0. The molecule has 1 amide bonds. The number of anilines is 2. The highest BCUT2D eigenvalue weighted by Gasteiger charge is 2.10. The lowest BCUT2D eigenvalue weighted by atomic mass is 10.1. The summed E-state index contributed by atoms with van der Waals surface area (Å²) < 4.78 is 0. The molecule has 5 heteroatoms. The summed E-state index contributed by atoms with van der Waals surface area (Å²) in [7, 11) is 0. The van der Waals surface area contributed by atoms with Crippen LogP contribution < -0.4 is 11.1 Å². The number of rotatable bonds is 2. The van der Waals surface area contributed by atoms with Crippen LogP contribution >= 0.6 is 0 Å². The molecule has 4 N–H and O–H groups in total. The first-order valence-electron chi connectivity index (χ1n) is 6.26. The number of nitrogens with one attached hydrogen (secondary N) is 2. The number of carbonyl (C=O) groups excluding carboxylic acids is 1. The van der Waals surface area contributed by atoms with Gasteiger partial charge in [0.05, 0.1) is 11.0 Å². The van der Waals surface area contributed by atoms with Gasteiger partial charge in [0, 0.05) is 11.3 Å². The number of amides is 1. The molecule has 100 valence electrons. The maximum Gasteiger partial charge on any atom is 0.258 e. The maximum atomic E-state index is 12.1. The SMILES string of the molecule is Cc1ccc(C(=O)Nc2nc3ccccc3[nH]2)cc1N. The number of aryl methyl sites for hydroxylation is 1. The first kappa shape index (κ1) is 12.2. The Kier molecular flexibility index (Phi) is 2.87. The summed E-state index contributed by atoms with van der Waals surface area (Å²) in [5.74, 6) is 0.186. The van der Waals surface area contributed by atoms with E-state index < -0.39 is 0 Å². The molecule has 1 heterocycles. The predicted octanol–water partition coefficient (Wildman–Crippen LogP) is 2.71. The third-order valence-electron chi connectivity index (χ3n) is 3.16. The minimum absolute atomic E-state index is 0.240. The molecule has 0 spiro atoms. The van der Waals surface area contributed by atoms with Crippen molar-refractivity contribution >= 4 is 28.6 Å². The van der Waals surface area contributed by atoms with Crippen LogP contribution in [0.15, 0.2) is 42.5 Å². The Hall–Kier alpha value is -2.82. The second kappa shape index (κ2) is 4.70. The normalized spacial score (nSPS) is 10.7. The first-order chi connectivity index (χ1) is 9.63. The Morgan fingerprint density at radius 1 is 1.25 bits per heavy atom. The van der Waals surface area contributed by atoms with E-state index in [0.29, 0.717) is 17.2 Å². The zero-order valence-electron chi connectivity index (χ0n) is 11.0. The standard InChI is InChI=1S/C15H14N4O/c1-9-6-7-10(8-11(9)16)14(20)19-15-17-12-4-2-3-5-13(12)18-15/h2-8H,16H2,1H3,(H2,17,18,19,20). The van der Waals surface area contributed by atoms with Gasteiger partial charge in [-0.15, -0.1) is 0 Å². The molecule has 3 aromatic rings. The number of benzene rings is 2. The van der Waals surface area contributed by atoms with E-state index in [1.165, 1.54) is 0 Å². The number of nitrogen functional groups attached to an aromatic ring is 1. The van der Waals surface area contributed by atoms with Gasteiger partial charge < -0.3 is 10.7 Å². The van der Waals surface area contributed by atoms with Crippen molar-refractivity contribution in [2.75, 3.05) is 11.1 Å². The van der Waals surface area contributed by atoms with Crippen molar-refractivity contribution in [1.29, 1.82) is 0 Å². The van der Waals surface area contributed by atoms with E-state index in [-0.39, 0.29) is 5.91 Å². The van der Waals surface area contributed by atoms with Crippen molar-refractivity contribution in [2.45, 2.75) is 6.92 Å². The van der Waals surface area contributed by atoms with Crippen LogP contribution in [0.5, 0.6) is 0 Å². The monoisotopic (exact) mass is 266 g/mol.